The number of hydrogen-bond acceptors (Lipinski definition) is 5. The predicted molar refractivity (Wildman–Crippen MR) is 118 cm³/mol. The number of nitrogens with one attached hydrogen (secondary N) is 1. The van der Waals surface area contributed by atoms with E-state index in [0.717, 1.165) is 34.0 Å². The number of aryl methyl sites for hydroxylation is 3. The summed E-state index contributed by atoms with van der Waals surface area (Å²) in [6.07, 6.45) is 0. The van der Waals surface area contributed by atoms with E-state index in [-0.39, 0.29) is 11.3 Å². The molecule has 1 amide bonds. The number of rotatable bonds is 6. The van der Waals surface area contributed by atoms with Crippen molar-refractivity contribution in [2.24, 2.45) is 0 Å². The summed E-state index contributed by atoms with van der Waals surface area (Å²) in [7, 11) is 0. The number of amides is 1. The molecule has 0 fully saturated rings. The van der Waals surface area contributed by atoms with Gasteiger partial charge in [-0.15, -0.1) is 11.8 Å². The normalized spacial score (nSPS) is 11.7. The van der Waals surface area contributed by atoms with Crippen LogP contribution in [0.5, 0.6) is 0 Å². The van der Waals surface area contributed by atoms with Crippen molar-refractivity contribution in [1.29, 1.82) is 0 Å². The van der Waals surface area contributed by atoms with Crippen molar-refractivity contribution in [2.45, 2.75) is 52.7 Å². The molecule has 1 aromatic carbocycles. The van der Waals surface area contributed by atoms with E-state index in [0.29, 0.717) is 17.3 Å². The zero-order chi connectivity index (χ0) is 21.2. The van der Waals surface area contributed by atoms with Gasteiger partial charge in [0.2, 0.25) is 5.91 Å². The number of hydrogen-bond donors (Lipinski definition) is 1. The molecule has 2 aromatic heterocycles. The fourth-order valence-corrected chi connectivity index (χ4v) is 3.90. The number of carbonyl (C=O) groups excluding carboxylic acids is 1. The molecule has 7 heteroatoms. The summed E-state index contributed by atoms with van der Waals surface area (Å²) in [5, 5.41) is 11.8. The van der Waals surface area contributed by atoms with Gasteiger partial charge >= 0.3 is 0 Å². The smallest absolute Gasteiger partial charge is 0.235 e. The van der Waals surface area contributed by atoms with Crippen molar-refractivity contribution >= 4 is 23.5 Å². The molecule has 0 spiro atoms. The average molecular weight is 413 g/mol. The molecule has 0 radical (unpaired) electrons. The molecular formula is C22H28N4O2S. The van der Waals surface area contributed by atoms with E-state index in [1.807, 2.05) is 49.7 Å². The topological polar surface area (TPSA) is 73.0 Å². The second-order valence-electron chi connectivity index (χ2n) is 8.26. The molecule has 3 rings (SSSR count). The van der Waals surface area contributed by atoms with Crippen molar-refractivity contribution in [3.63, 3.8) is 0 Å². The number of aromatic nitrogens is 3. The van der Waals surface area contributed by atoms with E-state index in [1.54, 1.807) is 11.8 Å². The van der Waals surface area contributed by atoms with Crippen LogP contribution < -0.4 is 5.32 Å². The van der Waals surface area contributed by atoms with Gasteiger partial charge in [0.05, 0.1) is 22.8 Å². The zero-order valence-corrected chi connectivity index (χ0v) is 18.7. The van der Waals surface area contributed by atoms with E-state index < -0.39 is 0 Å². The highest BCUT2D eigenvalue weighted by molar-refractivity contribution is 7.99. The SMILES string of the molecule is Cc1cccc(-n2nc(C(C)(C)C)cc2NC(=O)CSCc2c(C)noc2C)c1. The molecule has 0 aliphatic rings. The van der Waals surface area contributed by atoms with Gasteiger partial charge in [0.1, 0.15) is 11.6 Å². The maximum atomic E-state index is 12.6. The first-order chi connectivity index (χ1) is 13.6. The molecule has 0 bridgehead atoms. The van der Waals surface area contributed by atoms with Crippen molar-refractivity contribution in [3.8, 4) is 5.69 Å². The number of benzene rings is 1. The molecule has 0 atom stereocenters. The first kappa shape index (κ1) is 21.2. The van der Waals surface area contributed by atoms with Crippen LogP contribution in [-0.4, -0.2) is 26.6 Å². The third-order valence-corrected chi connectivity index (χ3v) is 5.61. The van der Waals surface area contributed by atoms with Crippen LogP contribution in [0.3, 0.4) is 0 Å². The standard InChI is InChI=1S/C22H28N4O2S/c1-14-8-7-9-17(10-14)26-20(11-19(24-26)22(4,5)6)23-21(27)13-29-12-18-15(2)25-28-16(18)3/h7-11H,12-13H2,1-6H3,(H,23,27). The first-order valence-corrected chi connectivity index (χ1v) is 10.8. The van der Waals surface area contributed by atoms with E-state index in [2.05, 4.69) is 37.3 Å². The monoisotopic (exact) mass is 412 g/mol. The lowest BCUT2D eigenvalue weighted by molar-refractivity contribution is -0.113. The van der Waals surface area contributed by atoms with Gasteiger partial charge in [-0.05, 0) is 38.5 Å². The Morgan fingerprint density at radius 1 is 1.21 bits per heavy atom. The maximum Gasteiger partial charge on any atom is 0.235 e. The summed E-state index contributed by atoms with van der Waals surface area (Å²) in [5.41, 5.74) is 4.82. The minimum atomic E-state index is -0.118. The van der Waals surface area contributed by atoms with Gasteiger partial charge in [0.15, 0.2) is 0 Å². The third kappa shape index (κ3) is 5.09. The fourth-order valence-electron chi connectivity index (χ4n) is 2.93. The Morgan fingerprint density at radius 3 is 2.59 bits per heavy atom. The zero-order valence-electron chi connectivity index (χ0n) is 17.9. The van der Waals surface area contributed by atoms with Crippen LogP contribution in [0.25, 0.3) is 5.69 Å². The molecule has 0 saturated carbocycles. The van der Waals surface area contributed by atoms with Crippen molar-refractivity contribution in [1.82, 2.24) is 14.9 Å². The summed E-state index contributed by atoms with van der Waals surface area (Å²) < 4.78 is 6.99. The molecular weight excluding hydrogens is 384 g/mol. The second-order valence-corrected chi connectivity index (χ2v) is 9.24. The van der Waals surface area contributed by atoms with Crippen LogP contribution in [0.2, 0.25) is 0 Å². The molecule has 154 valence electrons. The van der Waals surface area contributed by atoms with Gasteiger partial charge < -0.3 is 9.84 Å². The van der Waals surface area contributed by atoms with Gasteiger partial charge in [-0.3, -0.25) is 4.79 Å². The summed E-state index contributed by atoms with van der Waals surface area (Å²) >= 11 is 1.54. The molecule has 3 aromatic rings. The van der Waals surface area contributed by atoms with Crippen molar-refractivity contribution < 1.29 is 9.32 Å². The van der Waals surface area contributed by atoms with E-state index in [1.165, 1.54) is 0 Å². The number of carbonyl (C=O) groups is 1. The summed E-state index contributed by atoms with van der Waals surface area (Å²) in [4.78, 5) is 12.6. The molecule has 2 heterocycles. The summed E-state index contributed by atoms with van der Waals surface area (Å²) in [6, 6.07) is 10.0. The minimum Gasteiger partial charge on any atom is -0.361 e. The fraction of sp³-hybridized carbons (Fsp3) is 0.409. The Bertz CT molecular complexity index is 995. The highest BCUT2D eigenvalue weighted by Crippen LogP contribution is 2.27. The van der Waals surface area contributed by atoms with E-state index >= 15 is 0 Å². The Morgan fingerprint density at radius 2 is 1.97 bits per heavy atom. The van der Waals surface area contributed by atoms with Gasteiger partial charge in [-0.1, -0.05) is 38.1 Å². The van der Waals surface area contributed by atoms with E-state index in [4.69, 9.17) is 9.62 Å². The third-order valence-electron chi connectivity index (χ3n) is 4.65. The Balaban J connectivity index is 1.75. The summed E-state index contributed by atoms with van der Waals surface area (Å²) in [6.45, 7) is 12.2. The van der Waals surface area contributed by atoms with Crippen molar-refractivity contribution in [3.05, 3.63) is 58.6 Å². The van der Waals surface area contributed by atoms with Gasteiger partial charge in [-0.25, -0.2) is 4.68 Å². The maximum absolute atomic E-state index is 12.6. The lowest BCUT2D eigenvalue weighted by Crippen LogP contribution is -2.17. The van der Waals surface area contributed by atoms with Crippen LogP contribution in [0.15, 0.2) is 34.9 Å². The first-order valence-electron chi connectivity index (χ1n) is 9.62. The Labute approximate surface area is 176 Å². The quantitative estimate of drug-likeness (QED) is 0.620. The lowest BCUT2D eigenvalue weighted by atomic mass is 9.92. The van der Waals surface area contributed by atoms with Crippen LogP contribution in [0, 0.1) is 20.8 Å². The molecule has 6 nitrogen and oxygen atoms in total. The number of thioether (sulfide) groups is 1. The second kappa shape index (κ2) is 8.45. The predicted octanol–water partition coefficient (Wildman–Crippen LogP) is 4.95. The van der Waals surface area contributed by atoms with Crippen molar-refractivity contribution in [2.75, 3.05) is 11.1 Å². The number of nitrogens with zero attached hydrogens (tertiary/aromatic N) is 3. The lowest BCUT2D eigenvalue weighted by Gasteiger charge is -2.14. The highest BCUT2D eigenvalue weighted by Gasteiger charge is 2.21. The highest BCUT2D eigenvalue weighted by atomic mass is 32.2. The molecule has 0 unspecified atom stereocenters. The largest absolute Gasteiger partial charge is 0.361 e. The molecule has 0 aliphatic heterocycles. The van der Waals surface area contributed by atoms with Gasteiger partial charge in [0.25, 0.3) is 0 Å². The molecule has 1 N–H and O–H groups in total. The Kier molecular flexibility index (Phi) is 6.17. The molecule has 0 saturated heterocycles. The average Bonchev–Trinajstić information content (AvgIpc) is 3.20. The Hall–Kier alpha value is -2.54. The van der Waals surface area contributed by atoms with Crippen LogP contribution in [0.1, 0.15) is 49.0 Å². The number of anilines is 1. The summed E-state index contributed by atoms with van der Waals surface area (Å²) in [5.74, 6) is 2.47. The van der Waals surface area contributed by atoms with Gasteiger partial charge in [0, 0.05) is 22.8 Å². The molecule has 0 aliphatic carbocycles. The van der Waals surface area contributed by atoms with Gasteiger partial charge in [-0.2, -0.15) is 5.10 Å². The van der Waals surface area contributed by atoms with Crippen LogP contribution in [-0.2, 0) is 16.0 Å². The molecule has 29 heavy (non-hydrogen) atoms. The minimum absolute atomic E-state index is 0.0592. The van der Waals surface area contributed by atoms with E-state index in [9.17, 15) is 4.79 Å². The van der Waals surface area contributed by atoms with Crippen LogP contribution >= 0.6 is 11.8 Å². The van der Waals surface area contributed by atoms with Crippen LogP contribution in [0.4, 0.5) is 5.82 Å².